The van der Waals surface area contributed by atoms with Gasteiger partial charge in [0.05, 0.1) is 12.9 Å². The van der Waals surface area contributed by atoms with Gasteiger partial charge in [0.1, 0.15) is 28.2 Å². The number of ether oxygens (including phenoxy) is 1. The van der Waals surface area contributed by atoms with Gasteiger partial charge in [0.25, 0.3) is 0 Å². The molecule has 0 amide bonds. The van der Waals surface area contributed by atoms with Gasteiger partial charge in [-0.2, -0.15) is 15.0 Å². The van der Waals surface area contributed by atoms with Gasteiger partial charge in [-0.05, 0) is 24.4 Å². The average molecular weight is 500 g/mol. The van der Waals surface area contributed by atoms with Crippen LogP contribution in [0.3, 0.4) is 0 Å². The number of thioether (sulfide) groups is 1. The minimum absolute atomic E-state index is 0.0407. The number of rotatable bonds is 6. The largest absolute Gasteiger partial charge is 0.387 e. The Morgan fingerprint density at radius 2 is 2.06 bits per heavy atom. The van der Waals surface area contributed by atoms with Crippen molar-refractivity contribution in [3.8, 4) is 0 Å². The average Bonchev–Trinajstić information content (AvgIpc) is 3.49. The summed E-state index contributed by atoms with van der Waals surface area (Å²) >= 11 is 9.38. The van der Waals surface area contributed by atoms with Crippen LogP contribution >= 0.6 is 34.7 Å². The van der Waals surface area contributed by atoms with E-state index in [9.17, 15) is 10.2 Å². The number of nitrogens with two attached hydrogens (primary N) is 1. The second-order valence-corrected chi connectivity index (χ2v) is 10.4. The van der Waals surface area contributed by atoms with Crippen molar-refractivity contribution in [2.75, 3.05) is 25.4 Å². The molecule has 5 heterocycles. The summed E-state index contributed by atoms with van der Waals surface area (Å²) in [5, 5.41) is 25.4. The molecule has 3 aromatic heterocycles. The maximum Gasteiger partial charge on any atom is 0.226 e. The van der Waals surface area contributed by atoms with E-state index in [1.807, 2.05) is 28.4 Å². The molecule has 11 nitrogen and oxygen atoms in total. The first kappa shape index (κ1) is 22.2. The Morgan fingerprint density at radius 1 is 1.25 bits per heavy atom. The molecule has 2 aliphatic rings. The van der Waals surface area contributed by atoms with E-state index < -0.39 is 24.5 Å². The summed E-state index contributed by atoms with van der Waals surface area (Å²) in [6.45, 7) is 1.67. The molecule has 5 rings (SSSR count). The predicted molar refractivity (Wildman–Crippen MR) is 119 cm³/mol. The highest BCUT2D eigenvalue weighted by molar-refractivity contribution is 8.01. The molecule has 2 fully saturated rings. The zero-order valence-electron chi connectivity index (χ0n) is 16.8. The molecule has 0 aromatic carbocycles. The monoisotopic (exact) mass is 499 g/mol. The van der Waals surface area contributed by atoms with Crippen molar-refractivity contribution in [3.05, 3.63) is 23.2 Å². The van der Waals surface area contributed by atoms with Crippen molar-refractivity contribution in [2.45, 2.75) is 47.0 Å². The van der Waals surface area contributed by atoms with Crippen LogP contribution in [0, 0.1) is 0 Å². The second kappa shape index (κ2) is 9.35. The first-order chi connectivity index (χ1) is 15.5. The van der Waals surface area contributed by atoms with Crippen molar-refractivity contribution >= 4 is 51.7 Å². The third-order valence-electron chi connectivity index (χ3n) is 5.53. The lowest BCUT2D eigenvalue weighted by Gasteiger charge is -2.31. The summed E-state index contributed by atoms with van der Waals surface area (Å²) in [7, 11) is 0. The fraction of sp³-hybridized carbons (Fsp3) is 0.556. The number of thiazole rings is 1. The van der Waals surface area contributed by atoms with E-state index in [4.69, 9.17) is 26.9 Å². The molecule has 2 aliphatic heterocycles. The number of fused-ring (bicyclic) bond motifs is 1. The molecule has 4 atom stereocenters. The number of hydrogen-bond donors (Lipinski definition) is 3. The number of piperidine rings is 1. The number of aromatic nitrogens is 5. The molecular weight excluding hydrogens is 478 g/mol. The zero-order valence-corrected chi connectivity index (χ0v) is 19.2. The van der Waals surface area contributed by atoms with Gasteiger partial charge in [0.15, 0.2) is 17.7 Å². The third kappa shape index (κ3) is 4.43. The number of hydroxylamine groups is 2. The van der Waals surface area contributed by atoms with Gasteiger partial charge in [-0.15, -0.1) is 11.3 Å². The number of nitrogen functional groups attached to an aromatic ring is 1. The first-order valence-electron chi connectivity index (χ1n) is 10.1. The summed E-state index contributed by atoms with van der Waals surface area (Å²) in [5.41, 5.74) is 6.51. The van der Waals surface area contributed by atoms with E-state index in [0.717, 1.165) is 30.3 Å². The standard InChI is InChI=1S/C18H22ClN7O4S2/c19-17-23-14(20)11-15(24-17)26(8-22-11)16-13(28)12(27)10(30-16)7-29-25-4-1-9(2-5-25)32-18-21-3-6-31-18/h3,6,8-10,12-13,16,27-28H,1-2,4-5,7H2,(H2,20,23,24)/t10-,12-,13-,16-/m1/s1. The van der Waals surface area contributed by atoms with Gasteiger partial charge < -0.3 is 20.7 Å². The van der Waals surface area contributed by atoms with Crippen molar-refractivity contribution in [2.24, 2.45) is 0 Å². The van der Waals surface area contributed by atoms with Crippen molar-refractivity contribution < 1.29 is 19.8 Å². The van der Waals surface area contributed by atoms with Crippen LogP contribution in [0.1, 0.15) is 19.1 Å². The Kier molecular flexibility index (Phi) is 6.49. The quantitative estimate of drug-likeness (QED) is 0.422. The van der Waals surface area contributed by atoms with Crippen LogP contribution in [0.5, 0.6) is 0 Å². The number of imidazole rings is 1. The number of halogens is 1. The SMILES string of the molecule is Nc1nc(Cl)nc2c1ncn2[C@@H]1O[C@H](CON2CCC(Sc3nccs3)CC2)[C@@H](O)[C@H]1O. The van der Waals surface area contributed by atoms with E-state index in [0.29, 0.717) is 16.4 Å². The lowest BCUT2D eigenvalue weighted by molar-refractivity contribution is -0.199. The summed E-state index contributed by atoms with van der Waals surface area (Å²) in [5.74, 6) is 0.128. The highest BCUT2D eigenvalue weighted by Gasteiger charge is 2.45. The zero-order chi connectivity index (χ0) is 22.2. The number of nitrogens with zero attached hydrogens (tertiary/aromatic N) is 6. The van der Waals surface area contributed by atoms with Gasteiger partial charge >= 0.3 is 0 Å². The normalized spacial score (nSPS) is 27.5. The molecule has 0 unspecified atom stereocenters. The van der Waals surface area contributed by atoms with Gasteiger partial charge in [0.2, 0.25) is 5.28 Å². The predicted octanol–water partition coefficient (Wildman–Crippen LogP) is 1.33. The fourth-order valence-electron chi connectivity index (χ4n) is 3.86. The third-order valence-corrected chi connectivity index (χ3v) is 7.95. The van der Waals surface area contributed by atoms with Crippen molar-refractivity contribution in [1.29, 1.82) is 0 Å². The van der Waals surface area contributed by atoms with E-state index in [1.54, 1.807) is 11.3 Å². The summed E-state index contributed by atoms with van der Waals surface area (Å²) in [6.07, 6.45) is 1.25. The van der Waals surface area contributed by atoms with E-state index in [-0.39, 0.29) is 17.7 Å². The second-order valence-electron chi connectivity index (χ2n) is 7.59. The minimum Gasteiger partial charge on any atom is -0.387 e. The van der Waals surface area contributed by atoms with Gasteiger partial charge in [-0.25, -0.2) is 9.97 Å². The maximum atomic E-state index is 10.6. The van der Waals surface area contributed by atoms with Crippen LogP contribution in [0.4, 0.5) is 5.82 Å². The number of aliphatic hydroxyl groups excluding tert-OH is 2. The molecule has 2 saturated heterocycles. The molecule has 4 N–H and O–H groups in total. The van der Waals surface area contributed by atoms with Crippen molar-refractivity contribution in [1.82, 2.24) is 29.6 Å². The molecule has 32 heavy (non-hydrogen) atoms. The van der Waals surface area contributed by atoms with Gasteiger partial charge in [-0.1, -0.05) is 11.8 Å². The van der Waals surface area contributed by atoms with Crippen LogP contribution in [0.2, 0.25) is 5.28 Å². The van der Waals surface area contributed by atoms with E-state index in [1.165, 1.54) is 10.9 Å². The number of hydrogen-bond acceptors (Lipinski definition) is 12. The molecular formula is C18H22ClN7O4S2. The highest BCUT2D eigenvalue weighted by atomic mass is 35.5. The maximum absolute atomic E-state index is 10.6. The Morgan fingerprint density at radius 3 is 2.81 bits per heavy atom. The first-order valence-corrected chi connectivity index (χ1v) is 12.2. The Labute approximate surface area is 196 Å². The van der Waals surface area contributed by atoms with Gasteiger partial charge in [0, 0.05) is 29.9 Å². The van der Waals surface area contributed by atoms with E-state index >= 15 is 0 Å². The van der Waals surface area contributed by atoms with Crippen LogP contribution in [-0.2, 0) is 9.57 Å². The molecule has 0 saturated carbocycles. The summed E-state index contributed by atoms with van der Waals surface area (Å²) in [4.78, 5) is 22.4. The van der Waals surface area contributed by atoms with Crippen LogP contribution in [-0.4, -0.2) is 83.0 Å². The van der Waals surface area contributed by atoms with Gasteiger partial charge in [-0.3, -0.25) is 9.40 Å². The fourth-order valence-corrected chi connectivity index (χ4v) is 6.04. The number of anilines is 1. The van der Waals surface area contributed by atoms with Crippen LogP contribution < -0.4 is 5.73 Å². The summed E-state index contributed by atoms with van der Waals surface area (Å²) < 4.78 is 8.50. The molecule has 0 radical (unpaired) electrons. The minimum atomic E-state index is -1.20. The number of aliphatic hydroxyl groups is 2. The molecule has 3 aromatic rings. The molecule has 0 aliphatic carbocycles. The van der Waals surface area contributed by atoms with Crippen molar-refractivity contribution in [3.63, 3.8) is 0 Å². The van der Waals surface area contributed by atoms with E-state index in [2.05, 4.69) is 19.9 Å². The molecule has 0 bridgehead atoms. The Balaban J connectivity index is 1.18. The van der Waals surface area contributed by atoms with Crippen LogP contribution in [0.15, 0.2) is 22.2 Å². The molecule has 14 heteroatoms. The highest BCUT2D eigenvalue weighted by Crippen LogP contribution is 2.34. The lowest BCUT2D eigenvalue weighted by Crippen LogP contribution is -2.39. The Bertz CT molecular complexity index is 1060. The Hall–Kier alpha value is -1.58. The lowest BCUT2D eigenvalue weighted by atomic mass is 10.1. The smallest absolute Gasteiger partial charge is 0.226 e. The topological polar surface area (TPSA) is 145 Å². The van der Waals surface area contributed by atoms with Crippen LogP contribution in [0.25, 0.3) is 11.2 Å². The molecule has 172 valence electrons. The summed E-state index contributed by atoms with van der Waals surface area (Å²) in [6, 6.07) is 0. The molecule has 0 spiro atoms.